The predicted molar refractivity (Wildman–Crippen MR) is 99.3 cm³/mol. The molecule has 142 valence electrons. The van der Waals surface area contributed by atoms with Crippen molar-refractivity contribution in [3.8, 4) is 11.5 Å². The number of hydrogen-bond acceptors (Lipinski definition) is 4. The minimum atomic E-state index is -2.82. The Morgan fingerprint density at radius 3 is 2.54 bits per heavy atom. The molecular weight excluding hydrogens is 362 g/mol. The standard InChI is InChI=1S/C19H22F2N2O2.ClH/c1-24-18-9-5-3-7-15(18)16-12-22-10-11-23(16)13-14-6-2-4-8-17(14)25-19(20)21;/h2-9,16,19,22H,10-13H2,1H3;1H. The Balaban J connectivity index is 0.00000243. The van der Waals surface area contributed by atoms with Crippen LogP contribution in [0.4, 0.5) is 8.78 Å². The second kappa shape index (κ2) is 9.71. The van der Waals surface area contributed by atoms with Gasteiger partial charge in [0.25, 0.3) is 0 Å². The van der Waals surface area contributed by atoms with Gasteiger partial charge < -0.3 is 14.8 Å². The molecule has 1 fully saturated rings. The SMILES string of the molecule is COc1ccccc1C1CNCCN1Cc1ccccc1OC(F)F.Cl. The molecular formula is C19H23ClF2N2O2. The van der Waals surface area contributed by atoms with Crippen molar-refractivity contribution in [1.82, 2.24) is 10.2 Å². The number of para-hydroxylation sites is 2. The fourth-order valence-electron chi connectivity index (χ4n) is 3.25. The molecule has 1 saturated heterocycles. The van der Waals surface area contributed by atoms with Crippen LogP contribution in [0.2, 0.25) is 0 Å². The van der Waals surface area contributed by atoms with Gasteiger partial charge in [0.1, 0.15) is 11.5 Å². The monoisotopic (exact) mass is 384 g/mol. The number of piperazine rings is 1. The molecule has 0 amide bonds. The second-order valence-electron chi connectivity index (χ2n) is 5.92. The molecule has 26 heavy (non-hydrogen) atoms. The van der Waals surface area contributed by atoms with Crippen molar-refractivity contribution in [3.05, 3.63) is 59.7 Å². The molecule has 0 saturated carbocycles. The van der Waals surface area contributed by atoms with Crippen LogP contribution in [0.1, 0.15) is 17.2 Å². The number of nitrogens with one attached hydrogen (secondary N) is 1. The number of hydrogen-bond donors (Lipinski definition) is 1. The Bertz CT molecular complexity index is 703. The Kier molecular flexibility index (Phi) is 7.63. The van der Waals surface area contributed by atoms with Crippen molar-refractivity contribution < 1.29 is 18.3 Å². The van der Waals surface area contributed by atoms with E-state index in [4.69, 9.17) is 4.74 Å². The van der Waals surface area contributed by atoms with Crippen LogP contribution in [0.15, 0.2) is 48.5 Å². The Labute approximate surface area is 158 Å². The highest BCUT2D eigenvalue weighted by Gasteiger charge is 2.27. The van der Waals surface area contributed by atoms with Gasteiger partial charge in [0.2, 0.25) is 0 Å². The maximum absolute atomic E-state index is 12.7. The van der Waals surface area contributed by atoms with Crippen LogP contribution in [-0.2, 0) is 6.54 Å². The van der Waals surface area contributed by atoms with Crippen LogP contribution >= 0.6 is 12.4 Å². The van der Waals surface area contributed by atoms with Crippen LogP contribution in [0.5, 0.6) is 11.5 Å². The minimum Gasteiger partial charge on any atom is -0.496 e. The number of nitrogens with zero attached hydrogens (tertiary/aromatic N) is 1. The summed E-state index contributed by atoms with van der Waals surface area (Å²) in [6.45, 7) is 0.148. The number of ether oxygens (including phenoxy) is 2. The highest BCUT2D eigenvalue weighted by atomic mass is 35.5. The van der Waals surface area contributed by atoms with Gasteiger partial charge in [-0.15, -0.1) is 12.4 Å². The summed E-state index contributed by atoms with van der Waals surface area (Å²) in [7, 11) is 1.66. The first-order valence-electron chi connectivity index (χ1n) is 8.29. The third-order valence-corrected chi connectivity index (χ3v) is 4.41. The molecule has 0 radical (unpaired) electrons. The van der Waals surface area contributed by atoms with Crippen LogP contribution < -0.4 is 14.8 Å². The first-order valence-corrected chi connectivity index (χ1v) is 8.29. The lowest BCUT2D eigenvalue weighted by atomic mass is 10.0. The average Bonchev–Trinajstić information content (AvgIpc) is 2.63. The zero-order valence-corrected chi connectivity index (χ0v) is 15.3. The van der Waals surface area contributed by atoms with Gasteiger partial charge >= 0.3 is 6.61 Å². The largest absolute Gasteiger partial charge is 0.496 e. The smallest absolute Gasteiger partial charge is 0.387 e. The van der Waals surface area contributed by atoms with E-state index in [1.54, 1.807) is 19.2 Å². The first kappa shape index (κ1) is 20.4. The Morgan fingerprint density at radius 1 is 1.12 bits per heavy atom. The summed E-state index contributed by atoms with van der Waals surface area (Å²) in [4.78, 5) is 2.27. The molecule has 0 bridgehead atoms. The lowest BCUT2D eigenvalue weighted by Gasteiger charge is -2.37. The predicted octanol–water partition coefficient (Wildman–Crippen LogP) is 3.86. The first-order chi connectivity index (χ1) is 12.2. The van der Waals surface area contributed by atoms with E-state index in [0.29, 0.717) is 6.54 Å². The second-order valence-corrected chi connectivity index (χ2v) is 5.92. The van der Waals surface area contributed by atoms with Crippen molar-refractivity contribution in [2.45, 2.75) is 19.2 Å². The molecule has 1 aliphatic rings. The van der Waals surface area contributed by atoms with Crippen LogP contribution in [-0.4, -0.2) is 38.3 Å². The molecule has 7 heteroatoms. The highest BCUT2D eigenvalue weighted by Crippen LogP contribution is 2.32. The number of benzene rings is 2. The van der Waals surface area contributed by atoms with Gasteiger partial charge in [0, 0.05) is 37.3 Å². The molecule has 1 unspecified atom stereocenters. The molecule has 1 N–H and O–H groups in total. The summed E-state index contributed by atoms with van der Waals surface area (Å²) >= 11 is 0. The lowest BCUT2D eigenvalue weighted by Crippen LogP contribution is -2.45. The lowest BCUT2D eigenvalue weighted by molar-refractivity contribution is -0.0509. The fraction of sp³-hybridized carbons (Fsp3) is 0.368. The summed E-state index contributed by atoms with van der Waals surface area (Å²) < 4.78 is 35.5. The van der Waals surface area contributed by atoms with Crippen molar-refractivity contribution >= 4 is 12.4 Å². The summed E-state index contributed by atoms with van der Waals surface area (Å²) in [5.74, 6) is 1.06. The molecule has 3 rings (SSSR count). The zero-order valence-electron chi connectivity index (χ0n) is 14.5. The van der Waals surface area contributed by atoms with Gasteiger partial charge in [0.05, 0.1) is 13.2 Å². The van der Waals surface area contributed by atoms with Gasteiger partial charge in [-0.3, -0.25) is 4.90 Å². The van der Waals surface area contributed by atoms with Crippen LogP contribution in [0, 0.1) is 0 Å². The minimum absolute atomic E-state index is 0. The molecule has 0 aromatic heterocycles. The maximum atomic E-state index is 12.7. The van der Waals surface area contributed by atoms with Gasteiger partial charge in [-0.1, -0.05) is 36.4 Å². The number of halogens is 3. The van der Waals surface area contributed by atoms with E-state index in [-0.39, 0.29) is 24.2 Å². The topological polar surface area (TPSA) is 33.7 Å². The van der Waals surface area contributed by atoms with E-state index in [2.05, 4.69) is 15.0 Å². The van der Waals surface area contributed by atoms with Crippen molar-refractivity contribution in [2.75, 3.05) is 26.7 Å². The molecule has 0 spiro atoms. The van der Waals surface area contributed by atoms with E-state index >= 15 is 0 Å². The molecule has 1 atom stereocenters. The van der Waals surface area contributed by atoms with E-state index in [0.717, 1.165) is 36.5 Å². The number of alkyl halides is 2. The molecule has 1 aliphatic heterocycles. The van der Waals surface area contributed by atoms with E-state index in [1.165, 1.54) is 0 Å². The van der Waals surface area contributed by atoms with E-state index in [9.17, 15) is 8.78 Å². The normalized spacial score (nSPS) is 17.6. The average molecular weight is 385 g/mol. The van der Waals surface area contributed by atoms with Gasteiger partial charge in [-0.25, -0.2) is 0 Å². The van der Waals surface area contributed by atoms with Crippen LogP contribution in [0.3, 0.4) is 0 Å². The summed E-state index contributed by atoms with van der Waals surface area (Å²) in [5.41, 5.74) is 1.84. The maximum Gasteiger partial charge on any atom is 0.387 e. The van der Waals surface area contributed by atoms with Crippen molar-refractivity contribution in [2.24, 2.45) is 0 Å². The van der Waals surface area contributed by atoms with E-state index in [1.807, 2.05) is 36.4 Å². The molecule has 4 nitrogen and oxygen atoms in total. The quantitative estimate of drug-likeness (QED) is 0.819. The third-order valence-electron chi connectivity index (χ3n) is 4.41. The fourth-order valence-corrected chi connectivity index (χ4v) is 3.25. The van der Waals surface area contributed by atoms with Gasteiger partial charge in [-0.05, 0) is 12.1 Å². The molecule has 0 aliphatic carbocycles. The molecule has 2 aromatic carbocycles. The number of rotatable bonds is 6. The van der Waals surface area contributed by atoms with Crippen LogP contribution in [0.25, 0.3) is 0 Å². The third kappa shape index (κ3) is 4.84. The van der Waals surface area contributed by atoms with Gasteiger partial charge in [-0.2, -0.15) is 8.78 Å². The summed E-state index contributed by atoms with van der Waals surface area (Å²) in [6.07, 6.45) is 0. The zero-order chi connectivity index (χ0) is 17.6. The molecule has 2 aromatic rings. The highest BCUT2D eigenvalue weighted by molar-refractivity contribution is 5.85. The summed E-state index contributed by atoms with van der Waals surface area (Å²) in [5, 5.41) is 3.40. The Morgan fingerprint density at radius 2 is 1.81 bits per heavy atom. The van der Waals surface area contributed by atoms with E-state index < -0.39 is 6.61 Å². The Hall–Kier alpha value is -1.89. The van der Waals surface area contributed by atoms with Crippen molar-refractivity contribution in [3.63, 3.8) is 0 Å². The molecule has 1 heterocycles. The van der Waals surface area contributed by atoms with Crippen molar-refractivity contribution in [1.29, 1.82) is 0 Å². The number of methoxy groups -OCH3 is 1. The summed E-state index contributed by atoms with van der Waals surface area (Å²) in [6, 6.07) is 15.0. The van der Waals surface area contributed by atoms with Gasteiger partial charge in [0.15, 0.2) is 0 Å².